The molecule has 2 aromatic rings. The Bertz CT molecular complexity index is 656. The topological polar surface area (TPSA) is 73.0 Å². The van der Waals surface area contributed by atoms with Crippen LogP contribution in [-0.2, 0) is 6.54 Å². The Balaban J connectivity index is 2.29. The van der Waals surface area contributed by atoms with E-state index in [1.54, 1.807) is 23.0 Å². The molecule has 0 aliphatic heterocycles. The first-order valence-corrected chi connectivity index (χ1v) is 6.81. The van der Waals surface area contributed by atoms with Crippen molar-refractivity contribution in [3.05, 3.63) is 51.8 Å². The van der Waals surface area contributed by atoms with E-state index < -0.39 is 0 Å². The molecule has 0 atom stereocenters. The Labute approximate surface area is 123 Å². The highest BCUT2D eigenvalue weighted by atomic mass is 16.6. The summed E-state index contributed by atoms with van der Waals surface area (Å²) in [5, 5.41) is 18.9. The zero-order valence-corrected chi connectivity index (χ0v) is 12.8. The molecule has 21 heavy (non-hydrogen) atoms. The van der Waals surface area contributed by atoms with Crippen molar-refractivity contribution in [2.45, 2.75) is 39.8 Å². The van der Waals surface area contributed by atoms with Gasteiger partial charge in [0.25, 0.3) is 5.69 Å². The second kappa shape index (κ2) is 5.65. The lowest BCUT2D eigenvalue weighted by atomic mass is 10.1. The van der Waals surface area contributed by atoms with Crippen LogP contribution in [0.3, 0.4) is 0 Å². The second-order valence-electron chi connectivity index (χ2n) is 6.10. The first kappa shape index (κ1) is 15.2. The first-order valence-electron chi connectivity index (χ1n) is 6.81. The maximum atomic E-state index is 11.1. The molecule has 2 rings (SSSR count). The van der Waals surface area contributed by atoms with Crippen LogP contribution in [0.1, 0.15) is 32.0 Å². The lowest BCUT2D eigenvalue weighted by Gasteiger charge is -2.19. The summed E-state index contributed by atoms with van der Waals surface area (Å²) in [7, 11) is 0. The quantitative estimate of drug-likeness (QED) is 0.693. The summed E-state index contributed by atoms with van der Waals surface area (Å²) in [5.74, 6) is 0. The van der Waals surface area contributed by atoms with Gasteiger partial charge in [-0.2, -0.15) is 5.10 Å². The average molecular weight is 288 g/mol. The predicted octanol–water partition coefficient (Wildman–Crippen LogP) is 2.98. The highest BCUT2D eigenvalue weighted by Gasteiger charge is 2.16. The van der Waals surface area contributed by atoms with E-state index in [-0.39, 0.29) is 16.1 Å². The molecule has 1 heterocycles. The molecule has 6 nitrogen and oxygen atoms in total. The van der Waals surface area contributed by atoms with Crippen molar-refractivity contribution in [1.29, 1.82) is 0 Å². The highest BCUT2D eigenvalue weighted by molar-refractivity contribution is 5.53. The van der Waals surface area contributed by atoms with Gasteiger partial charge < -0.3 is 5.32 Å². The van der Waals surface area contributed by atoms with Gasteiger partial charge in [0.1, 0.15) is 5.69 Å². The van der Waals surface area contributed by atoms with E-state index in [2.05, 4.69) is 31.2 Å². The number of rotatable bonds is 4. The standard InChI is InChI=1S/C15H20N4O2/c1-11-5-6-13(19(20)21)14(9-11)18-8-7-12(17-18)10-16-15(2,3)4/h5-9,16H,10H2,1-4H3. The third kappa shape index (κ3) is 3.88. The third-order valence-corrected chi connectivity index (χ3v) is 3.02. The largest absolute Gasteiger partial charge is 0.306 e. The Morgan fingerprint density at radius 2 is 2.05 bits per heavy atom. The van der Waals surface area contributed by atoms with Crippen LogP contribution in [0.5, 0.6) is 0 Å². The molecule has 0 bridgehead atoms. The van der Waals surface area contributed by atoms with Gasteiger partial charge in [-0.1, -0.05) is 6.07 Å². The van der Waals surface area contributed by atoms with Gasteiger partial charge in [0.05, 0.1) is 10.6 Å². The van der Waals surface area contributed by atoms with Gasteiger partial charge in [-0.15, -0.1) is 0 Å². The van der Waals surface area contributed by atoms with Crippen LogP contribution in [0.4, 0.5) is 5.69 Å². The van der Waals surface area contributed by atoms with Crippen molar-refractivity contribution < 1.29 is 4.92 Å². The minimum Gasteiger partial charge on any atom is -0.306 e. The number of nitrogens with one attached hydrogen (secondary N) is 1. The number of nitrogens with zero attached hydrogens (tertiary/aromatic N) is 3. The summed E-state index contributed by atoms with van der Waals surface area (Å²) in [6, 6.07) is 6.88. The predicted molar refractivity (Wildman–Crippen MR) is 81.5 cm³/mol. The molecule has 0 fully saturated rings. The molecule has 0 unspecified atom stereocenters. The molecule has 0 radical (unpaired) electrons. The Kier molecular flexibility index (Phi) is 4.09. The smallest absolute Gasteiger partial charge is 0.294 e. The van der Waals surface area contributed by atoms with Gasteiger partial charge in [-0.3, -0.25) is 10.1 Å². The van der Waals surface area contributed by atoms with Crippen molar-refractivity contribution in [1.82, 2.24) is 15.1 Å². The molecule has 0 saturated carbocycles. The maximum absolute atomic E-state index is 11.1. The summed E-state index contributed by atoms with van der Waals surface area (Å²) in [6.07, 6.45) is 1.75. The molecule has 0 saturated heterocycles. The van der Waals surface area contributed by atoms with Gasteiger partial charge in [0, 0.05) is 24.3 Å². The van der Waals surface area contributed by atoms with Crippen molar-refractivity contribution in [3.8, 4) is 5.69 Å². The fraction of sp³-hybridized carbons (Fsp3) is 0.400. The van der Waals surface area contributed by atoms with Gasteiger partial charge in [0.2, 0.25) is 0 Å². The van der Waals surface area contributed by atoms with Crippen molar-refractivity contribution >= 4 is 5.69 Å². The highest BCUT2D eigenvalue weighted by Crippen LogP contribution is 2.23. The molecule has 1 aromatic carbocycles. The van der Waals surface area contributed by atoms with Crippen molar-refractivity contribution in [2.75, 3.05) is 0 Å². The molecule has 6 heteroatoms. The Hall–Kier alpha value is -2.21. The number of nitro benzene ring substituents is 1. The average Bonchev–Trinajstić information content (AvgIpc) is 2.83. The van der Waals surface area contributed by atoms with Crippen LogP contribution in [0.15, 0.2) is 30.5 Å². The number of aryl methyl sites for hydroxylation is 1. The van der Waals surface area contributed by atoms with E-state index in [9.17, 15) is 10.1 Å². The van der Waals surface area contributed by atoms with Crippen molar-refractivity contribution in [3.63, 3.8) is 0 Å². The molecule has 0 aliphatic rings. The second-order valence-corrected chi connectivity index (χ2v) is 6.10. The summed E-state index contributed by atoms with van der Waals surface area (Å²) in [5.41, 5.74) is 2.35. The number of aromatic nitrogens is 2. The normalized spacial score (nSPS) is 11.6. The fourth-order valence-corrected chi connectivity index (χ4v) is 1.92. The van der Waals surface area contributed by atoms with E-state index in [0.29, 0.717) is 12.2 Å². The maximum Gasteiger partial charge on any atom is 0.294 e. The zero-order valence-electron chi connectivity index (χ0n) is 12.8. The van der Waals surface area contributed by atoms with Crippen LogP contribution in [0.25, 0.3) is 5.69 Å². The minimum atomic E-state index is -0.385. The van der Waals surface area contributed by atoms with Crippen LogP contribution >= 0.6 is 0 Å². The van der Waals surface area contributed by atoms with Crippen molar-refractivity contribution in [2.24, 2.45) is 0 Å². The third-order valence-electron chi connectivity index (χ3n) is 3.02. The zero-order chi connectivity index (χ0) is 15.6. The van der Waals surface area contributed by atoms with Gasteiger partial charge in [-0.25, -0.2) is 4.68 Å². The van der Waals surface area contributed by atoms with E-state index in [4.69, 9.17) is 0 Å². The molecular weight excluding hydrogens is 268 g/mol. The van der Waals surface area contributed by atoms with Crippen LogP contribution in [0.2, 0.25) is 0 Å². The molecule has 0 spiro atoms. The number of hydrogen-bond acceptors (Lipinski definition) is 4. The summed E-state index contributed by atoms with van der Waals surface area (Å²) < 4.78 is 1.56. The molecule has 0 amide bonds. The molecule has 0 aliphatic carbocycles. The number of hydrogen-bond donors (Lipinski definition) is 1. The summed E-state index contributed by atoms with van der Waals surface area (Å²) in [6.45, 7) is 8.76. The molecule has 1 aromatic heterocycles. The Morgan fingerprint density at radius 3 is 2.67 bits per heavy atom. The molecule has 1 N–H and O–H groups in total. The van der Waals surface area contributed by atoms with Gasteiger partial charge in [-0.05, 0) is 45.4 Å². The van der Waals surface area contributed by atoms with E-state index >= 15 is 0 Å². The Morgan fingerprint density at radius 1 is 1.33 bits per heavy atom. The van der Waals surface area contributed by atoms with Gasteiger partial charge >= 0.3 is 0 Å². The lowest BCUT2D eigenvalue weighted by molar-refractivity contribution is -0.384. The van der Waals surface area contributed by atoms with Crippen LogP contribution in [-0.4, -0.2) is 20.2 Å². The van der Waals surface area contributed by atoms with E-state index in [0.717, 1.165) is 11.3 Å². The number of benzene rings is 1. The van der Waals surface area contributed by atoms with E-state index in [1.165, 1.54) is 6.07 Å². The molecular formula is C15H20N4O2. The number of nitro groups is 1. The van der Waals surface area contributed by atoms with E-state index in [1.807, 2.05) is 13.0 Å². The monoisotopic (exact) mass is 288 g/mol. The fourth-order valence-electron chi connectivity index (χ4n) is 1.92. The van der Waals surface area contributed by atoms with Crippen LogP contribution < -0.4 is 5.32 Å². The van der Waals surface area contributed by atoms with Crippen LogP contribution in [0, 0.1) is 17.0 Å². The van der Waals surface area contributed by atoms with Gasteiger partial charge in [0.15, 0.2) is 0 Å². The SMILES string of the molecule is Cc1ccc([N+](=O)[O-])c(-n2ccc(CNC(C)(C)C)n2)c1. The summed E-state index contributed by atoms with van der Waals surface area (Å²) in [4.78, 5) is 10.7. The lowest BCUT2D eigenvalue weighted by Crippen LogP contribution is -2.35. The summed E-state index contributed by atoms with van der Waals surface area (Å²) >= 11 is 0. The minimum absolute atomic E-state index is 0.000881. The molecule has 112 valence electrons. The first-order chi connectivity index (χ1) is 9.76.